The highest BCUT2D eigenvalue weighted by atomic mass is 16.4. The number of aryl methyl sites for hydroxylation is 2. The van der Waals surface area contributed by atoms with Gasteiger partial charge in [-0.3, -0.25) is 4.98 Å². The van der Waals surface area contributed by atoms with E-state index in [1.165, 1.54) is 0 Å². The summed E-state index contributed by atoms with van der Waals surface area (Å²) in [5, 5.41) is 6.63. The molecule has 0 aliphatic rings. The number of anilines is 1. The van der Waals surface area contributed by atoms with Crippen molar-refractivity contribution in [1.82, 2.24) is 24.8 Å². The second-order valence-corrected chi connectivity index (χ2v) is 6.24. The highest BCUT2D eigenvalue weighted by molar-refractivity contribution is 5.74. The zero-order valence-electron chi connectivity index (χ0n) is 15.0. The Morgan fingerprint density at radius 1 is 1.04 bits per heavy atom. The number of benzene rings is 1. The van der Waals surface area contributed by atoms with Crippen LogP contribution in [0.15, 0.2) is 65.6 Å². The molecule has 0 fully saturated rings. The molecule has 0 amide bonds. The highest BCUT2D eigenvalue weighted by Crippen LogP contribution is 2.17. The topological polar surface area (TPSA) is 80.8 Å². The fourth-order valence-electron chi connectivity index (χ4n) is 2.90. The zero-order chi connectivity index (χ0) is 18.3. The summed E-state index contributed by atoms with van der Waals surface area (Å²) >= 11 is 0. The summed E-state index contributed by atoms with van der Waals surface area (Å²) in [5.74, 6) is 0. The molecule has 0 saturated heterocycles. The van der Waals surface area contributed by atoms with E-state index in [0.29, 0.717) is 6.01 Å². The lowest BCUT2D eigenvalue weighted by Gasteiger charge is -2.09. The first kappa shape index (κ1) is 17.2. The molecule has 138 valence electrons. The van der Waals surface area contributed by atoms with E-state index in [1.54, 1.807) is 0 Å². The Balaban J connectivity index is 1.21. The Hall–Kier alpha value is -3.19. The van der Waals surface area contributed by atoms with Gasteiger partial charge in [0, 0.05) is 50.7 Å². The quantitative estimate of drug-likeness (QED) is 0.446. The van der Waals surface area contributed by atoms with Gasteiger partial charge in [0.25, 0.3) is 6.01 Å². The third-order valence-electron chi connectivity index (χ3n) is 4.31. The average Bonchev–Trinajstić information content (AvgIpc) is 3.33. The maximum Gasteiger partial charge on any atom is 0.295 e. The van der Waals surface area contributed by atoms with Gasteiger partial charge in [-0.15, -0.1) is 0 Å². The standard InChI is InChI=1S/C20H22N6O/c1-2-7-19-18(6-1)25-20(27-19)24-11-10-21-13-17-14-22-15-26(17)12-8-16-5-3-4-9-23-16/h1-7,9,14-15,21H,8,10-13H2,(H,24,25). The average molecular weight is 362 g/mol. The van der Waals surface area contributed by atoms with Crippen LogP contribution >= 0.6 is 0 Å². The van der Waals surface area contributed by atoms with Crippen molar-refractivity contribution < 1.29 is 4.42 Å². The van der Waals surface area contributed by atoms with E-state index in [9.17, 15) is 0 Å². The van der Waals surface area contributed by atoms with Gasteiger partial charge < -0.3 is 19.6 Å². The van der Waals surface area contributed by atoms with Crippen LogP contribution in [0.3, 0.4) is 0 Å². The van der Waals surface area contributed by atoms with E-state index in [4.69, 9.17) is 4.42 Å². The molecule has 0 unspecified atom stereocenters. The first-order valence-corrected chi connectivity index (χ1v) is 9.07. The molecule has 0 aliphatic heterocycles. The second-order valence-electron chi connectivity index (χ2n) is 6.24. The molecule has 0 atom stereocenters. The first-order valence-electron chi connectivity index (χ1n) is 9.07. The van der Waals surface area contributed by atoms with Crippen molar-refractivity contribution in [2.24, 2.45) is 0 Å². The molecule has 4 aromatic rings. The lowest BCUT2D eigenvalue weighted by atomic mass is 10.2. The Labute approximate surface area is 157 Å². The van der Waals surface area contributed by atoms with Gasteiger partial charge in [-0.25, -0.2) is 4.98 Å². The molecular formula is C20H22N6O. The summed E-state index contributed by atoms with van der Waals surface area (Å²) in [6.45, 7) is 3.16. The minimum absolute atomic E-state index is 0.554. The zero-order valence-corrected chi connectivity index (χ0v) is 15.0. The van der Waals surface area contributed by atoms with Crippen molar-refractivity contribution in [2.75, 3.05) is 18.4 Å². The number of rotatable bonds is 9. The van der Waals surface area contributed by atoms with Gasteiger partial charge in [-0.1, -0.05) is 18.2 Å². The van der Waals surface area contributed by atoms with Crippen molar-refractivity contribution in [1.29, 1.82) is 0 Å². The number of fused-ring (bicyclic) bond motifs is 1. The summed E-state index contributed by atoms with van der Waals surface area (Å²) in [6.07, 6.45) is 6.50. The predicted molar refractivity (Wildman–Crippen MR) is 104 cm³/mol. The van der Waals surface area contributed by atoms with Crippen LogP contribution < -0.4 is 10.6 Å². The monoisotopic (exact) mass is 362 g/mol. The molecule has 0 spiro atoms. The third kappa shape index (κ3) is 4.51. The highest BCUT2D eigenvalue weighted by Gasteiger charge is 2.05. The number of nitrogens with one attached hydrogen (secondary N) is 2. The molecule has 4 rings (SSSR count). The molecule has 3 heterocycles. The number of imidazole rings is 1. The fourth-order valence-corrected chi connectivity index (χ4v) is 2.90. The summed E-state index contributed by atoms with van der Waals surface area (Å²) in [5.41, 5.74) is 3.91. The molecule has 2 N–H and O–H groups in total. The van der Waals surface area contributed by atoms with Crippen molar-refractivity contribution in [3.05, 3.63) is 72.6 Å². The Kier molecular flexibility index (Phi) is 5.40. The summed E-state index contributed by atoms with van der Waals surface area (Å²) < 4.78 is 7.81. The van der Waals surface area contributed by atoms with E-state index < -0.39 is 0 Å². The van der Waals surface area contributed by atoms with Gasteiger partial charge in [0.15, 0.2) is 5.58 Å². The lowest BCUT2D eigenvalue weighted by Crippen LogP contribution is -2.23. The van der Waals surface area contributed by atoms with Gasteiger partial charge in [0.2, 0.25) is 0 Å². The largest absolute Gasteiger partial charge is 0.424 e. The maximum absolute atomic E-state index is 5.64. The van der Waals surface area contributed by atoms with E-state index in [0.717, 1.165) is 55.1 Å². The molecule has 0 radical (unpaired) electrons. The van der Waals surface area contributed by atoms with Crippen molar-refractivity contribution >= 4 is 17.1 Å². The molecule has 27 heavy (non-hydrogen) atoms. The van der Waals surface area contributed by atoms with Crippen LogP contribution in [0, 0.1) is 0 Å². The molecule has 7 nitrogen and oxygen atoms in total. The number of hydrogen-bond acceptors (Lipinski definition) is 6. The van der Waals surface area contributed by atoms with Gasteiger partial charge in [-0.2, -0.15) is 4.98 Å². The number of hydrogen-bond donors (Lipinski definition) is 2. The number of nitrogens with zero attached hydrogens (tertiary/aromatic N) is 4. The Morgan fingerprint density at radius 3 is 2.85 bits per heavy atom. The van der Waals surface area contributed by atoms with Gasteiger partial charge in [0.05, 0.1) is 12.0 Å². The molecular weight excluding hydrogens is 340 g/mol. The minimum Gasteiger partial charge on any atom is -0.424 e. The van der Waals surface area contributed by atoms with Crippen LogP contribution in [-0.2, 0) is 19.5 Å². The third-order valence-corrected chi connectivity index (χ3v) is 4.31. The number of oxazole rings is 1. The Bertz CT molecular complexity index is 945. The molecule has 7 heteroatoms. The van der Waals surface area contributed by atoms with E-state index in [1.807, 2.05) is 61.2 Å². The fraction of sp³-hybridized carbons (Fsp3) is 0.250. The molecule has 0 bridgehead atoms. The van der Waals surface area contributed by atoms with Crippen LogP contribution in [0.25, 0.3) is 11.1 Å². The normalized spacial score (nSPS) is 11.1. The molecule has 3 aromatic heterocycles. The van der Waals surface area contributed by atoms with Crippen LogP contribution in [0.4, 0.5) is 6.01 Å². The summed E-state index contributed by atoms with van der Waals surface area (Å²) in [4.78, 5) is 13.0. The SMILES string of the molecule is c1ccc(CCn2cncc2CNCCNc2nc3ccccc3o2)nc1. The number of pyridine rings is 1. The van der Waals surface area contributed by atoms with E-state index in [-0.39, 0.29) is 0 Å². The van der Waals surface area contributed by atoms with Gasteiger partial charge in [-0.05, 0) is 24.3 Å². The number of aromatic nitrogens is 4. The summed E-state index contributed by atoms with van der Waals surface area (Å²) in [6, 6.07) is 14.3. The predicted octanol–water partition coefficient (Wildman–Crippen LogP) is 2.86. The van der Waals surface area contributed by atoms with Crippen LogP contribution in [0.2, 0.25) is 0 Å². The molecule has 1 aromatic carbocycles. The van der Waals surface area contributed by atoms with Gasteiger partial charge >= 0.3 is 0 Å². The maximum atomic E-state index is 5.64. The Morgan fingerprint density at radius 2 is 1.96 bits per heavy atom. The van der Waals surface area contributed by atoms with Crippen LogP contribution in [-0.4, -0.2) is 32.6 Å². The van der Waals surface area contributed by atoms with E-state index >= 15 is 0 Å². The smallest absolute Gasteiger partial charge is 0.295 e. The van der Waals surface area contributed by atoms with Crippen LogP contribution in [0.1, 0.15) is 11.4 Å². The van der Waals surface area contributed by atoms with E-state index in [2.05, 4.69) is 30.2 Å². The number of para-hydroxylation sites is 2. The second kappa shape index (κ2) is 8.46. The lowest BCUT2D eigenvalue weighted by molar-refractivity contribution is 0.595. The minimum atomic E-state index is 0.554. The van der Waals surface area contributed by atoms with Crippen molar-refractivity contribution in [3.63, 3.8) is 0 Å². The summed E-state index contributed by atoms with van der Waals surface area (Å²) in [7, 11) is 0. The molecule has 0 aliphatic carbocycles. The van der Waals surface area contributed by atoms with Gasteiger partial charge in [0.1, 0.15) is 5.52 Å². The van der Waals surface area contributed by atoms with Crippen molar-refractivity contribution in [3.8, 4) is 0 Å². The molecule has 0 saturated carbocycles. The van der Waals surface area contributed by atoms with Crippen LogP contribution in [0.5, 0.6) is 0 Å². The van der Waals surface area contributed by atoms with Crippen molar-refractivity contribution in [2.45, 2.75) is 19.5 Å². The first-order chi connectivity index (χ1) is 13.4.